The molecule has 0 radical (unpaired) electrons. The van der Waals surface area contributed by atoms with E-state index >= 15 is 0 Å². The predicted octanol–water partition coefficient (Wildman–Crippen LogP) is 2.07. The van der Waals surface area contributed by atoms with Crippen LogP contribution in [0.3, 0.4) is 0 Å². The van der Waals surface area contributed by atoms with Crippen molar-refractivity contribution in [2.75, 3.05) is 26.7 Å². The quantitative estimate of drug-likeness (QED) is 0.917. The van der Waals surface area contributed by atoms with Gasteiger partial charge in [0.25, 0.3) is 0 Å². The minimum Gasteiger partial charge on any atom is -0.504 e. The van der Waals surface area contributed by atoms with E-state index in [1.54, 1.807) is 13.2 Å². The van der Waals surface area contributed by atoms with E-state index in [0.717, 1.165) is 19.1 Å². The number of rotatable bonds is 3. The number of aromatic hydroxyl groups is 1. The molecule has 0 spiro atoms. The molecule has 3 rings (SSSR count). The lowest BCUT2D eigenvalue weighted by atomic mass is 10.0. The van der Waals surface area contributed by atoms with Crippen molar-refractivity contribution in [3.8, 4) is 11.5 Å². The molecule has 0 aliphatic carbocycles. The Morgan fingerprint density at radius 3 is 2.95 bits per heavy atom. The summed E-state index contributed by atoms with van der Waals surface area (Å²) in [5.41, 5.74) is 1.21. The van der Waals surface area contributed by atoms with Crippen LogP contribution in [0.25, 0.3) is 0 Å². The first-order valence-corrected chi connectivity index (χ1v) is 7.53. The maximum Gasteiger partial charge on any atom is 0.160 e. The van der Waals surface area contributed by atoms with E-state index in [0.29, 0.717) is 11.8 Å². The lowest BCUT2D eigenvalue weighted by Crippen LogP contribution is -2.55. The summed E-state index contributed by atoms with van der Waals surface area (Å²) in [6.45, 7) is 6.86. The third-order valence-corrected chi connectivity index (χ3v) is 4.85. The van der Waals surface area contributed by atoms with Crippen LogP contribution in [0.2, 0.25) is 0 Å². The van der Waals surface area contributed by atoms with Gasteiger partial charge >= 0.3 is 0 Å². The highest BCUT2D eigenvalue weighted by Gasteiger charge is 2.36. The lowest BCUT2D eigenvalue weighted by Gasteiger charge is -2.43. The molecule has 2 saturated heterocycles. The van der Waals surface area contributed by atoms with Crippen LogP contribution in [0.1, 0.15) is 25.3 Å². The maximum absolute atomic E-state index is 9.67. The number of ether oxygens (including phenoxy) is 1. The summed E-state index contributed by atoms with van der Waals surface area (Å²) in [7, 11) is 1.60. The molecule has 0 saturated carbocycles. The summed E-state index contributed by atoms with van der Waals surface area (Å²) in [5.74, 6) is 0.777. The number of fused-ring (bicyclic) bond motifs is 1. The van der Waals surface area contributed by atoms with Gasteiger partial charge in [-0.25, -0.2) is 0 Å². The summed E-state index contributed by atoms with van der Waals surface area (Å²) in [6.07, 6.45) is 2.67. The Balaban J connectivity index is 1.71. The first-order chi connectivity index (χ1) is 9.69. The van der Waals surface area contributed by atoms with Gasteiger partial charge in [-0.3, -0.25) is 9.80 Å². The van der Waals surface area contributed by atoms with Gasteiger partial charge in [0, 0.05) is 31.7 Å². The largest absolute Gasteiger partial charge is 0.504 e. The normalized spacial score (nSPS) is 27.5. The number of phenolic OH excluding ortho intramolecular Hbond substituents is 1. The highest BCUT2D eigenvalue weighted by atomic mass is 16.5. The van der Waals surface area contributed by atoms with Crippen molar-refractivity contribution >= 4 is 0 Å². The summed E-state index contributed by atoms with van der Waals surface area (Å²) in [6, 6.07) is 6.99. The summed E-state index contributed by atoms with van der Waals surface area (Å²) >= 11 is 0. The summed E-state index contributed by atoms with van der Waals surface area (Å²) in [5, 5.41) is 9.67. The zero-order valence-corrected chi connectivity index (χ0v) is 12.4. The fourth-order valence-electron chi connectivity index (χ4n) is 3.66. The topological polar surface area (TPSA) is 35.9 Å². The van der Waals surface area contributed by atoms with Crippen LogP contribution in [-0.2, 0) is 6.54 Å². The molecular formula is C16H24N2O2. The van der Waals surface area contributed by atoms with Gasteiger partial charge in [0.05, 0.1) is 7.11 Å². The first kappa shape index (κ1) is 13.7. The standard InChI is InChI=1S/C16H24N2O2/c1-12-14-4-3-7-17(14)8-9-18(12)11-13-5-6-15(19)16(10-13)20-2/h5-6,10,12,14,19H,3-4,7-9,11H2,1-2H3/t12-,14-/m0/s1. The first-order valence-electron chi connectivity index (χ1n) is 7.53. The number of methoxy groups -OCH3 is 1. The second-order valence-corrected chi connectivity index (χ2v) is 5.96. The molecule has 1 aromatic rings. The van der Waals surface area contributed by atoms with Crippen LogP contribution in [0, 0.1) is 0 Å². The molecule has 2 heterocycles. The van der Waals surface area contributed by atoms with Gasteiger partial charge in [0.2, 0.25) is 0 Å². The van der Waals surface area contributed by atoms with Crippen molar-refractivity contribution in [2.24, 2.45) is 0 Å². The van der Waals surface area contributed by atoms with Gasteiger partial charge in [-0.15, -0.1) is 0 Å². The van der Waals surface area contributed by atoms with Gasteiger partial charge in [0.1, 0.15) is 0 Å². The maximum atomic E-state index is 9.67. The Kier molecular flexibility index (Phi) is 3.85. The van der Waals surface area contributed by atoms with Gasteiger partial charge in [-0.2, -0.15) is 0 Å². The minimum atomic E-state index is 0.213. The highest BCUT2D eigenvalue weighted by molar-refractivity contribution is 5.41. The summed E-state index contributed by atoms with van der Waals surface area (Å²) < 4.78 is 5.19. The average molecular weight is 276 g/mol. The Bertz CT molecular complexity index is 478. The molecule has 1 N–H and O–H groups in total. The van der Waals surface area contributed by atoms with Crippen molar-refractivity contribution in [3.05, 3.63) is 23.8 Å². The fraction of sp³-hybridized carbons (Fsp3) is 0.625. The van der Waals surface area contributed by atoms with E-state index in [2.05, 4.69) is 16.7 Å². The number of hydrogen-bond donors (Lipinski definition) is 1. The van der Waals surface area contributed by atoms with Crippen molar-refractivity contribution in [1.82, 2.24) is 9.80 Å². The molecule has 2 atom stereocenters. The molecule has 20 heavy (non-hydrogen) atoms. The Morgan fingerprint density at radius 1 is 1.30 bits per heavy atom. The van der Waals surface area contributed by atoms with E-state index in [1.165, 1.54) is 31.5 Å². The Morgan fingerprint density at radius 2 is 2.15 bits per heavy atom. The monoisotopic (exact) mass is 276 g/mol. The van der Waals surface area contributed by atoms with Crippen molar-refractivity contribution < 1.29 is 9.84 Å². The molecular weight excluding hydrogens is 252 g/mol. The lowest BCUT2D eigenvalue weighted by molar-refractivity contribution is 0.0470. The fourth-order valence-corrected chi connectivity index (χ4v) is 3.66. The van der Waals surface area contributed by atoms with E-state index in [-0.39, 0.29) is 5.75 Å². The third-order valence-electron chi connectivity index (χ3n) is 4.85. The molecule has 110 valence electrons. The van der Waals surface area contributed by atoms with Crippen LogP contribution in [-0.4, -0.2) is 53.7 Å². The van der Waals surface area contributed by atoms with E-state index in [9.17, 15) is 5.11 Å². The molecule has 4 heteroatoms. The van der Waals surface area contributed by atoms with Crippen molar-refractivity contribution in [1.29, 1.82) is 0 Å². The van der Waals surface area contributed by atoms with E-state index < -0.39 is 0 Å². The van der Waals surface area contributed by atoms with Crippen LogP contribution in [0.5, 0.6) is 11.5 Å². The van der Waals surface area contributed by atoms with Gasteiger partial charge < -0.3 is 9.84 Å². The zero-order chi connectivity index (χ0) is 14.1. The summed E-state index contributed by atoms with van der Waals surface area (Å²) in [4.78, 5) is 5.19. The zero-order valence-electron chi connectivity index (χ0n) is 12.4. The molecule has 0 unspecified atom stereocenters. The number of piperazine rings is 1. The van der Waals surface area contributed by atoms with Gasteiger partial charge in [-0.1, -0.05) is 6.07 Å². The van der Waals surface area contributed by atoms with Crippen LogP contribution in [0.4, 0.5) is 0 Å². The van der Waals surface area contributed by atoms with Crippen LogP contribution < -0.4 is 4.74 Å². The van der Waals surface area contributed by atoms with Crippen molar-refractivity contribution in [3.63, 3.8) is 0 Å². The predicted molar refractivity (Wildman–Crippen MR) is 79.1 cm³/mol. The molecule has 2 fully saturated rings. The van der Waals surface area contributed by atoms with Crippen LogP contribution >= 0.6 is 0 Å². The molecule has 0 aromatic heterocycles. The number of benzene rings is 1. The van der Waals surface area contributed by atoms with Crippen LogP contribution in [0.15, 0.2) is 18.2 Å². The third kappa shape index (κ3) is 2.50. The molecule has 0 bridgehead atoms. The highest BCUT2D eigenvalue weighted by Crippen LogP contribution is 2.30. The van der Waals surface area contributed by atoms with Gasteiger partial charge in [-0.05, 0) is 44.0 Å². The second kappa shape index (κ2) is 5.62. The molecule has 1 aromatic carbocycles. The molecule has 4 nitrogen and oxygen atoms in total. The molecule has 0 amide bonds. The molecule has 2 aliphatic heterocycles. The second-order valence-electron chi connectivity index (χ2n) is 5.96. The number of phenols is 1. The van der Waals surface area contributed by atoms with Crippen molar-refractivity contribution in [2.45, 2.75) is 38.4 Å². The van der Waals surface area contributed by atoms with Gasteiger partial charge in [0.15, 0.2) is 11.5 Å². The van der Waals surface area contributed by atoms with E-state index in [1.807, 2.05) is 12.1 Å². The molecule has 2 aliphatic rings. The van der Waals surface area contributed by atoms with E-state index in [4.69, 9.17) is 4.74 Å². The average Bonchev–Trinajstić information content (AvgIpc) is 2.93. The Hall–Kier alpha value is -1.26. The SMILES string of the molecule is COc1cc(CN2CCN3CCC[C@H]3[C@@H]2C)ccc1O. The minimum absolute atomic E-state index is 0.213. The smallest absolute Gasteiger partial charge is 0.160 e. The number of hydrogen-bond acceptors (Lipinski definition) is 4. The Labute approximate surface area is 120 Å². The number of nitrogens with zero attached hydrogens (tertiary/aromatic N) is 2.